The van der Waals surface area contributed by atoms with E-state index in [0.717, 1.165) is 64.9 Å². The van der Waals surface area contributed by atoms with Crippen LogP contribution in [0, 0.1) is 11.8 Å². The molecule has 3 aromatic rings. The van der Waals surface area contributed by atoms with Crippen LogP contribution in [0.4, 0.5) is 9.59 Å². The third-order valence-corrected chi connectivity index (χ3v) is 11.4. The molecule has 4 heterocycles. The molecule has 2 aromatic carbocycles. The zero-order valence-electron chi connectivity index (χ0n) is 32.7. The first-order valence-electron chi connectivity index (χ1n) is 19.3. The summed E-state index contributed by atoms with van der Waals surface area (Å²) in [7, 11) is 2.56. The monoisotopic (exact) mass is 763 g/mol. The number of carbonyl (C=O) groups is 5. The van der Waals surface area contributed by atoms with Crippen LogP contribution in [0.25, 0.3) is 28.0 Å². The zero-order valence-corrected chi connectivity index (χ0v) is 32.7. The normalized spacial score (nSPS) is 19.8. The number of H-pyrrole nitrogens is 1. The van der Waals surface area contributed by atoms with Crippen molar-refractivity contribution in [2.75, 3.05) is 27.3 Å². The molecule has 7 rings (SSSR count). The number of aromatic nitrogens is 2. The number of aliphatic imine (C=N–C) groups is 1. The Morgan fingerprint density at radius 3 is 1.88 bits per heavy atom. The third-order valence-electron chi connectivity index (χ3n) is 11.4. The van der Waals surface area contributed by atoms with Crippen molar-refractivity contribution in [1.82, 2.24) is 30.4 Å². The van der Waals surface area contributed by atoms with Gasteiger partial charge in [-0.15, -0.1) is 0 Å². The van der Waals surface area contributed by atoms with Gasteiger partial charge in [-0.2, -0.15) is 0 Å². The maximum atomic E-state index is 14.0. The van der Waals surface area contributed by atoms with Gasteiger partial charge in [0.1, 0.15) is 17.9 Å². The number of rotatable bonds is 10. The number of benzene rings is 2. The van der Waals surface area contributed by atoms with Crippen LogP contribution in [0.1, 0.15) is 93.2 Å². The number of aromatic amines is 1. The number of methoxy groups -OCH3 is 2. The Balaban J connectivity index is 1.04. The van der Waals surface area contributed by atoms with Crippen molar-refractivity contribution in [3.05, 3.63) is 71.3 Å². The topological polar surface area (TPSA) is 175 Å². The van der Waals surface area contributed by atoms with Gasteiger partial charge >= 0.3 is 12.2 Å². The molecule has 4 atom stereocenters. The fourth-order valence-corrected chi connectivity index (χ4v) is 8.37. The van der Waals surface area contributed by atoms with Gasteiger partial charge in [0.25, 0.3) is 0 Å². The van der Waals surface area contributed by atoms with E-state index in [-0.39, 0.29) is 41.5 Å². The fourth-order valence-electron chi connectivity index (χ4n) is 8.37. The summed E-state index contributed by atoms with van der Waals surface area (Å²) in [5, 5.41) is 5.38. The largest absolute Gasteiger partial charge is 0.453 e. The van der Waals surface area contributed by atoms with Gasteiger partial charge in [-0.3, -0.25) is 19.4 Å². The first kappa shape index (κ1) is 38.5. The molecule has 14 nitrogen and oxygen atoms in total. The molecule has 0 spiro atoms. The van der Waals surface area contributed by atoms with Gasteiger partial charge in [-0.25, -0.2) is 14.6 Å². The fraction of sp³-hybridized carbons (Fsp3) is 0.452. The molecule has 3 N–H and O–H groups in total. The highest BCUT2D eigenvalue weighted by atomic mass is 16.5. The van der Waals surface area contributed by atoms with Crippen LogP contribution < -0.4 is 10.6 Å². The second-order valence-corrected chi connectivity index (χ2v) is 15.6. The van der Waals surface area contributed by atoms with Gasteiger partial charge in [-0.05, 0) is 71.9 Å². The van der Waals surface area contributed by atoms with Crippen LogP contribution in [0.15, 0.2) is 53.8 Å². The molecular weight excluding hydrogens is 715 g/mol. The van der Waals surface area contributed by atoms with Crippen LogP contribution in [0.2, 0.25) is 0 Å². The van der Waals surface area contributed by atoms with Crippen molar-refractivity contribution in [1.29, 1.82) is 0 Å². The first-order chi connectivity index (χ1) is 26.9. The SMILES string of the molecule is COC(=O)N[C@H](C(=O)N1CCC[C@H]1C1=NC=C(c2ccc3c(c2)C(=O)c2cc(-c4cnc([C@@H]5CCCN5C(=O)[C@@H](NC(=O)OC)C(C)C)[nH]4)ccc2-3)C1)C(C)C. The van der Waals surface area contributed by atoms with Crippen molar-refractivity contribution in [3.8, 4) is 22.4 Å². The van der Waals surface area contributed by atoms with E-state index in [9.17, 15) is 24.0 Å². The number of hydrogen-bond acceptors (Lipinski definition) is 9. The van der Waals surface area contributed by atoms with Crippen LogP contribution in [0.5, 0.6) is 0 Å². The summed E-state index contributed by atoms with van der Waals surface area (Å²) in [5.41, 5.74) is 7.29. The Kier molecular flexibility index (Phi) is 10.8. The highest BCUT2D eigenvalue weighted by Crippen LogP contribution is 2.41. The lowest BCUT2D eigenvalue weighted by atomic mass is 9.95. The van der Waals surface area contributed by atoms with E-state index >= 15 is 0 Å². The number of amides is 4. The number of imidazole rings is 1. The molecule has 1 aliphatic carbocycles. The van der Waals surface area contributed by atoms with Crippen molar-refractivity contribution in [2.24, 2.45) is 16.8 Å². The van der Waals surface area contributed by atoms with E-state index in [2.05, 4.69) is 20.6 Å². The van der Waals surface area contributed by atoms with Crippen molar-refractivity contribution >= 4 is 41.1 Å². The second kappa shape index (κ2) is 15.8. The molecular formula is C42H49N7O7. The number of allylic oxidation sites excluding steroid dienone is 1. The lowest BCUT2D eigenvalue weighted by Crippen LogP contribution is -2.53. The minimum absolute atomic E-state index is 0.0611. The van der Waals surface area contributed by atoms with Crippen molar-refractivity contribution in [2.45, 2.75) is 84.0 Å². The van der Waals surface area contributed by atoms with Gasteiger partial charge in [0.05, 0.1) is 38.2 Å². The molecule has 4 amide bonds. The molecule has 0 bridgehead atoms. The molecule has 2 fully saturated rings. The predicted octanol–water partition coefficient (Wildman–Crippen LogP) is 5.89. The molecule has 14 heteroatoms. The number of carbonyl (C=O) groups excluding carboxylic acids is 5. The van der Waals surface area contributed by atoms with Crippen LogP contribution in [0.3, 0.4) is 0 Å². The lowest BCUT2D eigenvalue weighted by Gasteiger charge is -2.31. The summed E-state index contributed by atoms with van der Waals surface area (Å²) in [5.74, 6) is 0.0139. The molecule has 1 aromatic heterocycles. The van der Waals surface area contributed by atoms with Crippen molar-refractivity contribution in [3.63, 3.8) is 0 Å². The highest BCUT2D eigenvalue weighted by molar-refractivity contribution is 6.22. The van der Waals surface area contributed by atoms with E-state index in [4.69, 9.17) is 14.5 Å². The average molecular weight is 764 g/mol. The Labute approximate surface area is 326 Å². The molecule has 294 valence electrons. The van der Waals surface area contributed by atoms with Gasteiger partial charge in [-0.1, -0.05) is 52.0 Å². The van der Waals surface area contributed by atoms with Gasteiger partial charge in [0.2, 0.25) is 11.8 Å². The van der Waals surface area contributed by atoms with E-state index in [0.29, 0.717) is 36.5 Å². The third kappa shape index (κ3) is 7.19. The lowest BCUT2D eigenvalue weighted by molar-refractivity contribution is -0.135. The Morgan fingerprint density at radius 2 is 1.30 bits per heavy atom. The Hall–Kier alpha value is -5.79. The molecule has 4 aliphatic rings. The minimum Gasteiger partial charge on any atom is -0.453 e. The summed E-state index contributed by atoms with van der Waals surface area (Å²) in [6.45, 7) is 8.69. The zero-order chi connectivity index (χ0) is 39.8. The molecule has 0 radical (unpaired) electrons. The number of ketones is 1. The molecule has 56 heavy (non-hydrogen) atoms. The summed E-state index contributed by atoms with van der Waals surface area (Å²) in [6, 6.07) is 9.90. The maximum absolute atomic E-state index is 14.0. The molecule has 0 unspecified atom stereocenters. The Morgan fingerprint density at radius 1 is 0.768 bits per heavy atom. The molecule has 0 saturated carbocycles. The van der Waals surface area contributed by atoms with E-state index < -0.39 is 24.3 Å². The van der Waals surface area contributed by atoms with E-state index in [1.165, 1.54) is 14.2 Å². The number of ether oxygens (including phenoxy) is 2. The minimum atomic E-state index is -0.726. The van der Waals surface area contributed by atoms with E-state index in [1.807, 2.05) is 75.2 Å². The number of alkyl carbamates (subject to hydrolysis) is 2. The van der Waals surface area contributed by atoms with Gasteiger partial charge in [0, 0.05) is 48.1 Å². The summed E-state index contributed by atoms with van der Waals surface area (Å²) in [4.78, 5) is 81.6. The first-order valence-corrected chi connectivity index (χ1v) is 19.3. The number of nitrogens with one attached hydrogen (secondary N) is 3. The summed E-state index contributed by atoms with van der Waals surface area (Å²) >= 11 is 0. The predicted molar refractivity (Wildman–Crippen MR) is 210 cm³/mol. The maximum Gasteiger partial charge on any atom is 0.407 e. The summed E-state index contributed by atoms with van der Waals surface area (Å²) in [6.07, 6.45) is 6.01. The number of hydrogen-bond donors (Lipinski definition) is 3. The summed E-state index contributed by atoms with van der Waals surface area (Å²) < 4.78 is 9.52. The highest BCUT2D eigenvalue weighted by Gasteiger charge is 2.40. The second-order valence-electron chi connectivity index (χ2n) is 15.6. The van der Waals surface area contributed by atoms with Crippen LogP contribution in [-0.4, -0.2) is 101 Å². The van der Waals surface area contributed by atoms with Gasteiger partial charge < -0.3 is 34.9 Å². The number of nitrogens with zero attached hydrogens (tertiary/aromatic N) is 4. The van der Waals surface area contributed by atoms with E-state index in [1.54, 1.807) is 11.1 Å². The Bertz CT molecular complexity index is 2140. The smallest absolute Gasteiger partial charge is 0.407 e. The molecule has 2 saturated heterocycles. The van der Waals surface area contributed by atoms with Crippen LogP contribution >= 0.6 is 0 Å². The number of fused-ring (bicyclic) bond motifs is 3. The van der Waals surface area contributed by atoms with Crippen LogP contribution in [-0.2, 0) is 19.1 Å². The molecule has 3 aliphatic heterocycles. The average Bonchev–Trinajstić information content (AvgIpc) is 4.05. The quantitative estimate of drug-likeness (QED) is 0.179. The van der Waals surface area contributed by atoms with Crippen molar-refractivity contribution < 1.29 is 33.4 Å². The number of likely N-dealkylation sites (tertiary alicyclic amines) is 2. The van der Waals surface area contributed by atoms with Gasteiger partial charge in [0.15, 0.2) is 5.78 Å². The standard InChI is InChI=1S/C42H49N7O7/c1-22(2)35(46-41(53)55-5)39(51)48-15-7-9-33(48)31-19-26(20-43-31)24-11-13-27-28-14-12-25(18-30(28)37(50)29(27)17-24)32-21-44-38(45-32)34-10-8-16-49(34)40(52)36(23(3)4)47-42(54)56-6/h11-14,17-18,20-23,33-36H,7-10,15-16,19H2,1-6H3,(H,44,45)(H,46,53)(H,47,54)/t33-,34-,35-,36-/m0/s1.